The maximum absolute atomic E-state index is 4.85. The highest BCUT2D eigenvalue weighted by molar-refractivity contribution is 7.26. The minimum absolute atomic E-state index is 0.845. The molecular weight excluding hydrogens is 531 g/mol. The monoisotopic (exact) mass is 553 g/mol. The SMILES string of the molecule is c1ccc(-c2cccc3c2sc2ccccc23)c(-c2ccccc2-c2nnc3c4ccccc4c4ccccc4n23)c1. The summed E-state index contributed by atoms with van der Waals surface area (Å²) in [6.45, 7) is 0. The molecule has 196 valence electrons. The summed E-state index contributed by atoms with van der Waals surface area (Å²) in [7, 11) is 0. The highest BCUT2D eigenvalue weighted by Gasteiger charge is 2.20. The smallest absolute Gasteiger partial charge is 0.169 e. The van der Waals surface area contributed by atoms with Crippen molar-refractivity contribution in [2.45, 2.75) is 0 Å². The number of hydrogen-bond acceptors (Lipinski definition) is 3. The molecule has 3 heterocycles. The van der Waals surface area contributed by atoms with Crippen LogP contribution in [0.1, 0.15) is 0 Å². The van der Waals surface area contributed by atoms with Crippen molar-refractivity contribution in [1.29, 1.82) is 0 Å². The van der Waals surface area contributed by atoms with Crippen molar-refractivity contribution in [3.63, 3.8) is 0 Å². The molecule has 0 unspecified atom stereocenters. The maximum atomic E-state index is 4.85. The largest absolute Gasteiger partial charge is 0.274 e. The van der Waals surface area contributed by atoms with Crippen LogP contribution in [-0.4, -0.2) is 14.6 Å². The third-order valence-electron chi connectivity index (χ3n) is 8.35. The van der Waals surface area contributed by atoms with Gasteiger partial charge in [-0.2, -0.15) is 0 Å². The number of hydrogen-bond donors (Lipinski definition) is 0. The van der Waals surface area contributed by atoms with Gasteiger partial charge in [-0.1, -0.05) is 127 Å². The lowest BCUT2D eigenvalue weighted by Gasteiger charge is -2.15. The molecule has 0 spiro atoms. The normalized spacial score (nSPS) is 11.8. The molecule has 0 fully saturated rings. The Morgan fingerprint density at radius 1 is 0.405 bits per heavy atom. The van der Waals surface area contributed by atoms with Crippen LogP contribution in [0, 0.1) is 0 Å². The van der Waals surface area contributed by atoms with E-state index in [1.165, 1.54) is 47.6 Å². The van der Waals surface area contributed by atoms with Crippen LogP contribution in [0.25, 0.3) is 81.1 Å². The predicted octanol–water partition coefficient (Wildman–Crippen LogP) is 10.4. The molecule has 4 heteroatoms. The van der Waals surface area contributed by atoms with Crippen molar-refractivity contribution in [2.24, 2.45) is 0 Å². The third-order valence-corrected chi connectivity index (χ3v) is 9.57. The fraction of sp³-hybridized carbons (Fsp3) is 0. The van der Waals surface area contributed by atoms with Crippen molar-refractivity contribution in [3.8, 4) is 33.6 Å². The highest BCUT2D eigenvalue weighted by atomic mass is 32.1. The summed E-state index contributed by atoms with van der Waals surface area (Å²) in [5.74, 6) is 0.845. The van der Waals surface area contributed by atoms with Gasteiger partial charge in [0.05, 0.1) is 5.52 Å². The van der Waals surface area contributed by atoms with Gasteiger partial charge >= 0.3 is 0 Å². The zero-order chi connectivity index (χ0) is 27.6. The van der Waals surface area contributed by atoms with E-state index in [2.05, 4.69) is 144 Å². The predicted molar refractivity (Wildman–Crippen MR) is 177 cm³/mol. The van der Waals surface area contributed by atoms with E-state index in [4.69, 9.17) is 10.2 Å². The summed E-state index contributed by atoms with van der Waals surface area (Å²) >= 11 is 1.87. The first-order valence-electron chi connectivity index (χ1n) is 14.1. The highest BCUT2D eigenvalue weighted by Crippen LogP contribution is 2.44. The lowest BCUT2D eigenvalue weighted by molar-refractivity contribution is 1.12. The molecule has 42 heavy (non-hydrogen) atoms. The Kier molecular flexibility index (Phi) is 5.07. The zero-order valence-electron chi connectivity index (χ0n) is 22.5. The lowest BCUT2D eigenvalue weighted by atomic mass is 9.91. The third kappa shape index (κ3) is 3.33. The molecule has 0 saturated carbocycles. The molecule has 0 aliphatic heterocycles. The Morgan fingerprint density at radius 2 is 0.952 bits per heavy atom. The number of aromatic nitrogens is 3. The topological polar surface area (TPSA) is 30.2 Å². The van der Waals surface area contributed by atoms with Gasteiger partial charge in [-0.15, -0.1) is 21.5 Å². The van der Waals surface area contributed by atoms with Gasteiger partial charge in [-0.25, -0.2) is 0 Å². The number of pyridine rings is 1. The first kappa shape index (κ1) is 23.4. The fourth-order valence-corrected chi connectivity index (χ4v) is 7.73. The molecule has 3 nitrogen and oxygen atoms in total. The summed E-state index contributed by atoms with van der Waals surface area (Å²) in [6, 6.07) is 49.7. The number of benzene rings is 6. The summed E-state index contributed by atoms with van der Waals surface area (Å²) in [6.07, 6.45) is 0. The Hall–Kier alpha value is -5.32. The van der Waals surface area contributed by atoms with Gasteiger partial charge in [0.25, 0.3) is 0 Å². The standard InChI is InChI=1S/C38H23N3S/c1-2-13-25(30-20-11-21-31-29-17-8-10-23-35(29)42-36(30)31)24(12-1)26-14-3-5-18-32(26)37-39-40-38-33-19-6-4-15-27(33)28-16-7-9-22-34(28)41(37)38/h1-23H. The summed E-state index contributed by atoms with van der Waals surface area (Å²) in [5.41, 5.74) is 7.81. The minimum Gasteiger partial charge on any atom is -0.274 e. The van der Waals surface area contributed by atoms with E-state index in [1.807, 2.05) is 11.3 Å². The van der Waals surface area contributed by atoms with Crippen molar-refractivity contribution >= 4 is 58.8 Å². The van der Waals surface area contributed by atoms with E-state index in [0.29, 0.717) is 0 Å². The van der Waals surface area contributed by atoms with E-state index in [1.54, 1.807) is 0 Å². The molecule has 0 saturated heterocycles. The number of rotatable bonds is 3. The van der Waals surface area contributed by atoms with Gasteiger partial charge in [0, 0.05) is 42.1 Å². The molecule has 3 aromatic heterocycles. The van der Waals surface area contributed by atoms with Crippen LogP contribution >= 0.6 is 11.3 Å². The van der Waals surface area contributed by atoms with Crippen LogP contribution in [-0.2, 0) is 0 Å². The van der Waals surface area contributed by atoms with Gasteiger partial charge in [0.2, 0.25) is 0 Å². The van der Waals surface area contributed by atoms with Gasteiger partial charge in [0.1, 0.15) is 0 Å². The molecule has 0 radical (unpaired) electrons. The van der Waals surface area contributed by atoms with E-state index >= 15 is 0 Å². The van der Waals surface area contributed by atoms with Crippen molar-refractivity contribution in [1.82, 2.24) is 14.6 Å². The van der Waals surface area contributed by atoms with Crippen LogP contribution in [0.5, 0.6) is 0 Å². The average molecular weight is 554 g/mol. The first-order chi connectivity index (χ1) is 20.9. The molecule has 0 atom stereocenters. The number of para-hydroxylation sites is 1. The van der Waals surface area contributed by atoms with Crippen molar-refractivity contribution in [3.05, 3.63) is 140 Å². The number of fused-ring (bicyclic) bond motifs is 9. The summed E-state index contributed by atoms with van der Waals surface area (Å²) in [5, 5.41) is 15.7. The second-order valence-electron chi connectivity index (χ2n) is 10.6. The molecule has 6 aromatic carbocycles. The van der Waals surface area contributed by atoms with E-state index < -0.39 is 0 Å². The molecule has 0 aliphatic rings. The van der Waals surface area contributed by atoms with Gasteiger partial charge < -0.3 is 0 Å². The molecule has 0 bridgehead atoms. The molecule has 9 rings (SSSR count). The quantitative estimate of drug-likeness (QED) is 0.204. The van der Waals surface area contributed by atoms with Crippen LogP contribution < -0.4 is 0 Å². The Bertz CT molecular complexity index is 2480. The Morgan fingerprint density at radius 3 is 1.76 bits per heavy atom. The van der Waals surface area contributed by atoms with Crippen LogP contribution in [0.2, 0.25) is 0 Å². The van der Waals surface area contributed by atoms with Crippen LogP contribution in [0.3, 0.4) is 0 Å². The first-order valence-corrected chi connectivity index (χ1v) is 14.9. The second-order valence-corrected chi connectivity index (χ2v) is 11.7. The summed E-state index contributed by atoms with van der Waals surface area (Å²) < 4.78 is 4.85. The molecule has 0 aliphatic carbocycles. The van der Waals surface area contributed by atoms with E-state index in [9.17, 15) is 0 Å². The van der Waals surface area contributed by atoms with Gasteiger partial charge in [0.15, 0.2) is 11.5 Å². The number of nitrogens with zero attached hydrogens (tertiary/aromatic N) is 3. The fourth-order valence-electron chi connectivity index (χ4n) is 6.50. The lowest BCUT2D eigenvalue weighted by Crippen LogP contribution is -1.96. The second kappa shape index (κ2) is 9.10. The Balaban J connectivity index is 1.33. The molecular formula is C38H23N3S. The molecule has 0 amide bonds. The molecule has 0 N–H and O–H groups in total. The maximum Gasteiger partial charge on any atom is 0.169 e. The average Bonchev–Trinajstić information content (AvgIpc) is 3.68. The van der Waals surface area contributed by atoms with Crippen molar-refractivity contribution < 1.29 is 0 Å². The van der Waals surface area contributed by atoms with Crippen LogP contribution in [0.4, 0.5) is 0 Å². The minimum atomic E-state index is 0.845. The van der Waals surface area contributed by atoms with E-state index in [-0.39, 0.29) is 0 Å². The number of thiophene rings is 1. The van der Waals surface area contributed by atoms with Crippen LogP contribution in [0.15, 0.2) is 140 Å². The van der Waals surface area contributed by atoms with Gasteiger partial charge in [-0.05, 0) is 34.2 Å². The van der Waals surface area contributed by atoms with Gasteiger partial charge in [-0.3, -0.25) is 4.40 Å². The van der Waals surface area contributed by atoms with Crippen molar-refractivity contribution in [2.75, 3.05) is 0 Å². The summed E-state index contributed by atoms with van der Waals surface area (Å²) in [4.78, 5) is 0. The Labute approximate surface area is 245 Å². The zero-order valence-corrected chi connectivity index (χ0v) is 23.3. The molecule has 9 aromatic rings. The van der Waals surface area contributed by atoms with E-state index in [0.717, 1.165) is 33.5 Å².